The molecule has 1 aromatic heterocycles. The Hall–Kier alpha value is -3.36. The van der Waals surface area contributed by atoms with E-state index >= 15 is 0 Å². The molecule has 0 radical (unpaired) electrons. The summed E-state index contributed by atoms with van der Waals surface area (Å²) < 4.78 is 55.9. The normalized spacial score (nSPS) is 11.7. The fraction of sp³-hybridized carbons (Fsp3) is 0. The zero-order chi connectivity index (χ0) is 20.8. The van der Waals surface area contributed by atoms with Gasteiger partial charge < -0.3 is 4.42 Å². The summed E-state index contributed by atoms with van der Waals surface area (Å²) in [5, 5.41) is 5.28. The van der Waals surface area contributed by atoms with Crippen LogP contribution in [0.4, 0.5) is 8.78 Å². The van der Waals surface area contributed by atoms with Gasteiger partial charge in [0.15, 0.2) is 0 Å². The Kier molecular flexibility index (Phi) is 4.52. The number of nitrogens with two attached hydrogens (primary N) is 1. The first-order valence-electron chi connectivity index (χ1n) is 8.39. The van der Waals surface area contributed by atoms with Gasteiger partial charge in [-0.3, -0.25) is 4.79 Å². The molecule has 0 aliphatic carbocycles. The first-order valence-corrected chi connectivity index (χ1v) is 9.94. The van der Waals surface area contributed by atoms with Crippen molar-refractivity contribution in [2.24, 2.45) is 5.14 Å². The van der Waals surface area contributed by atoms with Crippen LogP contribution >= 0.6 is 0 Å². The SMILES string of the molecule is NS(=O)(=O)c1ccc(-c2oc3cc(F)ccc3c(=O)c2-c2ccc(F)cc2)cc1. The monoisotopic (exact) mass is 413 g/mol. The second-order valence-corrected chi connectivity index (χ2v) is 7.91. The van der Waals surface area contributed by atoms with Crippen molar-refractivity contribution in [1.82, 2.24) is 0 Å². The molecule has 0 spiro atoms. The molecule has 1 heterocycles. The maximum atomic E-state index is 13.7. The van der Waals surface area contributed by atoms with Crippen LogP contribution in [-0.4, -0.2) is 8.42 Å². The van der Waals surface area contributed by atoms with Crippen LogP contribution in [0.1, 0.15) is 0 Å². The Morgan fingerprint density at radius 3 is 2.00 bits per heavy atom. The van der Waals surface area contributed by atoms with Gasteiger partial charge >= 0.3 is 0 Å². The lowest BCUT2D eigenvalue weighted by molar-refractivity contribution is 0.596. The molecule has 0 bridgehead atoms. The second-order valence-electron chi connectivity index (χ2n) is 6.35. The van der Waals surface area contributed by atoms with E-state index in [0.717, 1.165) is 12.1 Å². The summed E-state index contributed by atoms with van der Waals surface area (Å²) in [6, 6.07) is 14.2. The number of rotatable bonds is 3. The number of halogens is 2. The quantitative estimate of drug-likeness (QED) is 0.549. The first kappa shape index (κ1) is 19.0. The van der Waals surface area contributed by atoms with E-state index in [0.29, 0.717) is 11.1 Å². The van der Waals surface area contributed by atoms with Crippen LogP contribution in [0, 0.1) is 11.6 Å². The van der Waals surface area contributed by atoms with E-state index in [9.17, 15) is 22.0 Å². The third kappa shape index (κ3) is 3.55. The Morgan fingerprint density at radius 2 is 1.38 bits per heavy atom. The van der Waals surface area contributed by atoms with Gasteiger partial charge in [-0.25, -0.2) is 22.3 Å². The summed E-state index contributed by atoms with van der Waals surface area (Å²) in [6.07, 6.45) is 0. The van der Waals surface area contributed by atoms with Crippen LogP contribution in [0.25, 0.3) is 33.4 Å². The van der Waals surface area contributed by atoms with Crippen molar-refractivity contribution >= 4 is 21.0 Å². The standard InChI is InChI=1S/C21H13F2NO4S/c22-14-5-1-12(2-6-14)19-20(25)17-10-7-15(23)11-18(17)28-21(19)13-3-8-16(9-4-13)29(24,26)27/h1-11H,(H2,24,26,27). The van der Waals surface area contributed by atoms with E-state index in [1.165, 1.54) is 54.6 Å². The van der Waals surface area contributed by atoms with Crippen LogP contribution in [-0.2, 0) is 10.0 Å². The average molecular weight is 413 g/mol. The molecule has 2 N–H and O–H groups in total. The number of hydrogen-bond acceptors (Lipinski definition) is 4. The van der Waals surface area contributed by atoms with Gasteiger partial charge in [0.25, 0.3) is 0 Å². The number of primary sulfonamides is 1. The summed E-state index contributed by atoms with van der Waals surface area (Å²) in [5.74, 6) is -0.952. The van der Waals surface area contributed by atoms with Crippen molar-refractivity contribution in [1.29, 1.82) is 0 Å². The summed E-state index contributed by atoms with van der Waals surface area (Å²) in [4.78, 5) is 13.0. The Balaban J connectivity index is 2.04. The molecule has 0 aliphatic rings. The fourth-order valence-electron chi connectivity index (χ4n) is 3.04. The number of sulfonamides is 1. The molecule has 0 fully saturated rings. The van der Waals surface area contributed by atoms with Crippen molar-refractivity contribution in [3.63, 3.8) is 0 Å². The maximum Gasteiger partial charge on any atom is 0.238 e. The van der Waals surface area contributed by atoms with E-state index < -0.39 is 27.1 Å². The molecule has 0 saturated heterocycles. The summed E-state index contributed by atoms with van der Waals surface area (Å²) in [7, 11) is -3.90. The van der Waals surface area contributed by atoms with E-state index in [1.807, 2.05) is 0 Å². The highest BCUT2D eigenvalue weighted by atomic mass is 32.2. The van der Waals surface area contributed by atoms with Gasteiger partial charge in [-0.1, -0.05) is 12.1 Å². The smallest absolute Gasteiger partial charge is 0.238 e. The van der Waals surface area contributed by atoms with Crippen molar-refractivity contribution in [3.05, 3.63) is 88.6 Å². The zero-order valence-corrected chi connectivity index (χ0v) is 15.5. The maximum absolute atomic E-state index is 13.7. The highest BCUT2D eigenvalue weighted by molar-refractivity contribution is 7.89. The number of benzene rings is 3. The molecular formula is C21H13F2NO4S. The highest BCUT2D eigenvalue weighted by Gasteiger charge is 2.19. The van der Waals surface area contributed by atoms with Gasteiger partial charge in [0.2, 0.25) is 15.5 Å². The van der Waals surface area contributed by atoms with Crippen LogP contribution in [0.2, 0.25) is 0 Å². The summed E-state index contributed by atoms with van der Waals surface area (Å²) in [6.45, 7) is 0. The van der Waals surface area contributed by atoms with Gasteiger partial charge in [-0.05, 0) is 54.1 Å². The van der Waals surface area contributed by atoms with Gasteiger partial charge in [-0.15, -0.1) is 0 Å². The fourth-order valence-corrected chi connectivity index (χ4v) is 3.56. The molecule has 146 valence electrons. The molecular weight excluding hydrogens is 400 g/mol. The zero-order valence-electron chi connectivity index (χ0n) is 14.7. The van der Waals surface area contributed by atoms with Crippen molar-refractivity contribution in [3.8, 4) is 22.5 Å². The molecule has 29 heavy (non-hydrogen) atoms. The van der Waals surface area contributed by atoms with Gasteiger partial charge in [0, 0.05) is 11.6 Å². The third-order valence-corrected chi connectivity index (χ3v) is 5.36. The van der Waals surface area contributed by atoms with Crippen molar-refractivity contribution in [2.75, 3.05) is 0 Å². The number of hydrogen-bond donors (Lipinski definition) is 1. The summed E-state index contributed by atoms with van der Waals surface area (Å²) >= 11 is 0. The second kappa shape index (κ2) is 6.91. The highest BCUT2D eigenvalue weighted by Crippen LogP contribution is 2.33. The van der Waals surface area contributed by atoms with Crippen molar-refractivity contribution < 1.29 is 21.6 Å². The Bertz CT molecular complexity index is 1390. The lowest BCUT2D eigenvalue weighted by atomic mass is 9.98. The minimum Gasteiger partial charge on any atom is -0.455 e. The molecule has 8 heteroatoms. The predicted octanol–water partition coefficient (Wildman–Crippen LogP) is 4.05. The van der Waals surface area contributed by atoms with Gasteiger partial charge in [-0.2, -0.15) is 0 Å². The number of fused-ring (bicyclic) bond motifs is 1. The Labute approximate surface area is 164 Å². The molecule has 5 nitrogen and oxygen atoms in total. The molecule has 0 atom stereocenters. The topological polar surface area (TPSA) is 90.4 Å². The van der Waals surface area contributed by atoms with Crippen LogP contribution in [0.15, 0.2) is 80.8 Å². The molecule has 0 unspecified atom stereocenters. The molecule has 0 aliphatic heterocycles. The largest absolute Gasteiger partial charge is 0.455 e. The molecule has 0 amide bonds. The van der Waals surface area contributed by atoms with Crippen LogP contribution in [0.3, 0.4) is 0 Å². The third-order valence-electron chi connectivity index (χ3n) is 4.43. The van der Waals surface area contributed by atoms with E-state index in [4.69, 9.17) is 9.56 Å². The van der Waals surface area contributed by atoms with Gasteiger partial charge in [0.1, 0.15) is 23.0 Å². The minimum absolute atomic E-state index is 0.0337. The Morgan fingerprint density at radius 1 is 0.793 bits per heavy atom. The van der Waals surface area contributed by atoms with Gasteiger partial charge in [0.05, 0.1) is 15.8 Å². The molecule has 3 aromatic carbocycles. The van der Waals surface area contributed by atoms with Crippen LogP contribution < -0.4 is 10.6 Å². The summed E-state index contributed by atoms with van der Waals surface area (Å²) in [5.41, 5.74) is 0.527. The first-order chi connectivity index (χ1) is 13.7. The van der Waals surface area contributed by atoms with Crippen molar-refractivity contribution in [2.45, 2.75) is 4.90 Å². The predicted molar refractivity (Wildman–Crippen MR) is 105 cm³/mol. The lowest BCUT2D eigenvalue weighted by Crippen LogP contribution is -2.12. The average Bonchev–Trinajstić information content (AvgIpc) is 2.68. The molecule has 4 aromatic rings. The van der Waals surface area contributed by atoms with E-state index in [1.54, 1.807) is 0 Å². The van der Waals surface area contributed by atoms with E-state index in [2.05, 4.69) is 0 Å². The van der Waals surface area contributed by atoms with E-state index in [-0.39, 0.29) is 27.2 Å². The minimum atomic E-state index is -3.90. The molecule has 0 saturated carbocycles. The lowest BCUT2D eigenvalue weighted by Gasteiger charge is -2.11. The molecule has 4 rings (SSSR count). The van der Waals surface area contributed by atoms with Crippen LogP contribution in [0.5, 0.6) is 0 Å².